The summed E-state index contributed by atoms with van der Waals surface area (Å²) in [6.45, 7) is 0.456. The van der Waals surface area contributed by atoms with Crippen molar-refractivity contribution in [1.82, 2.24) is 5.32 Å². The first-order valence-corrected chi connectivity index (χ1v) is 11.8. The molecular formula is C23H16BrIN2O2S. The highest BCUT2D eigenvalue weighted by molar-refractivity contribution is 14.1. The molecule has 3 aromatic rings. The topological polar surface area (TPSA) is 50.7 Å². The van der Waals surface area contributed by atoms with E-state index < -0.39 is 0 Å². The van der Waals surface area contributed by atoms with Crippen LogP contribution in [0.2, 0.25) is 0 Å². The summed E-state index contributed by atoms with van der Waals surface area (Å²) in [4.78, 5) is 17.6. The zero-order valence-corrected chi connectivity index (χ0v) is 20.2. The number of halogens is 2. The number of hydrogen-bond acceptors (Lipinski definition) is 4. The minimum atomic E-state index is -0.168. The van der Waals surface area contributed by atoms with Gasteiger partial charge in [0.25, 0.3) is 5.91 Å². The largest absolute Gasteiger partial charge is 0.488 e. The van der Waals surface area contributed by atoms with Crippen molar-refractivity contribution in [3.05, 3.63) is 96.9 Å². The quantitative estimate of drug-likeness (QED) is 0.272. The van der Waals surface area contributed by atoms with Gasteiger partial charge >= 0.3 is 0 Å². The summed E-state index contributed by atoms with van der Waals surface area (Å²) < 4.78 is 8.03. The van der Waals surface area contributed by atoms with E-state index in [1.165, 1.54) is 11.8 Å². The van der Waals surface area contributed by atoms with Crippen LogP contribution in [0.25, 0.3) is 6.08 Å². The molecule has 0 aliphatic carbocycles. The second-order valence-corrected chi connectivity index (χ2v) is 9.61. The minimum Gasteiger partial charge on any atom is -0.488 e. The summed E-state index contributed by atoms with van der Waals surface area (Å²) in [5, 5.41) is 3.40. The molecule has 7 heteroatoms. The molecule has 1 saturated heterocycles. The molecule has 0 saturated carbocycles. The molecule has 1 heterocycles. The molecule has 4 nitrogen and oxygen atoms in total. The van der Waals surface area contributed by atoms with Crippen LogP contribution in [0.4, 0.5) is 5.69 Å². The van der Waals surface area contributed by atoms with Crippen molar-refractivity contribution in [1.29, 1.82) is 0 Å². The van der Waals surface area contributed by atoms with Gasteiger partial charge in [0.15, 0.2) is 5.17 Å². The Balaban J connectivity index is 1.56. The highest BCUT2D eigenvalue weighted by atomic mass is 127. The van der Waals surface area contributed by atoms with Crippen molar-refractivity contribution < 1.29 is 9.53 Å². The molecule has 0 radical (unpaired) electrons. The Morgan fingerprint density at radius 3 is 2.70 bits per heavy atom. The predicted octanol–water partition coefficient (Wildman–Crippen LogP) is 6.52. The summed E-state index contributed by atoms with van der Waals surface area (Å²) in [5.74, 6) is 0.546. The van der Waals surface area contributed by atoms with Gasteiger partial charge in [0.05, 0.1) is 10.6 Å². The Hall–Kier alpha value is -2.10. The second-order valence-electron chi connectivity index (χ2n) is 6.42. The van der Waals surface area contributed by atoms with Gasteiger partial charge < -0.3 is 10.1 Å². The Morgan fingerprint density at radius 1 is 1.07 bits per heavy atom. The Morgan fingerprint density at radius 2 is 1.90 bits per heavy atom. The van der Waals surface area contributed by atoms with Crippen LogP contribution >= 0.6 is 50.3 Å². The lowest BCUT2D eigenvalue weighted by Crippen LogP contribution is -2.19. The van der Waals surface area contributed by atoms with Gasteiger partial charge in [0, 0.05) is 13.6 Å². The third-order valence-electron chi connectivity index (χ3n) is 4.19. The summed E-state index contributed by atoms with van der Waals surface area (Å²) in [5.41, 5.74) is 2.72. The molecule has 1 N–H and O–H groups in total. The highest BCUT2D eigenvalue weighted by Gasteiger charge is 2.24. The lowest BCUT2D eigenvalue weighted by atomic mass is 10.2. The van der Waals surface area contributed by atoms with Gasteiger partial charge in [-0.25, -0.2) is 4.99 Å². The van der Waals surface area contributed by atoms with Gasteiger partial charge in [-0.05, 0) is 82.4 Å². The number of hydrogen-bond donors (Lipinski definition) is 1. The molecule has 4 rings (SSSR count). The lowest BCUT2D eigenvalue weighted by Gasteiger charge is -2.10. The van der Waals surface area contributed by atoms with E-state index in [-0.39, 0.29) is 5.91 Å². The van der Waals surface area contributed by atoms with Crippen LogP contribution in [0.5, 0.6) is 5.75 Å². The Bertz CT molecular complexity index is 1150. The van der Waals surface area contributed by atoms with E-state index in [0.29, 0.717) is 22.4 Å². The molecule has 1 aliphatic rings. The van der Waals surface area contributed by atoms with Crippen molar-refractivity contribution >= 4 is 73.1 Å². The number of amidine groups is 1. The van der Waals surface area contributed by atoms with E-state index in [9.17, 15) is 4.79 Å². The standard InChI is InChI=1S/C23H16BrIN2O2S/c24-17-9-10-20(29-14-15-5-2-1-3-6-15)16(11-17)12-21-22(28)27-23(30-21)26-19-8-4-7-18(25)13-19/h1-13H,14H2,(H,26,27,28)/b21-12+. The maximum Gasteiger partial charge on any atom is 0.264 e. The van der Waals surface area contributed by atoms with E-state index in [1.807, 2.05) is 78.9 Å². The molecule has 1 amide bonds. The average Bonchev–Trinajstić information content (AvgIpc) is 3.07. The summed E-state index contributed by atoms with van der Waals surface area (Å²) in [6, 6.07) is 23.6. The zero-order chi connectivity index (χ0) is 20.9. The van der Waals surface area contributed by atoms with E-state index in [2.05, 4.69) is 48.8 Å². The van der Waals surface area contributed by atoms with Crippen molar-refractivity contribution in [2.45, 2.75) is 6.61 Å². The van der Waals surface area contributed by atoms with E-state index >= 15 is 0 Å². The smallest absolute Gasteiger partial charge is 0.264 e. The molecule has 0 bridgehead atoms. The first kappa shape index (κ1) is 21.1. The number of ether oxygens (including phenoxy) is 1. The normalized spacial score (nSPS) is 16.1. The SMILES string of the molecule is O=C1NC(=Nc2cccc(I)c2)S/C1=C/c1cc(Br)ccc1OCc1ccccc1. The van der Waals surface area contributed by atoms with Crippen LogP contribution in [0, 0.1) is 3.57 Å². The number of aliphatic imine (C=N–C) groups is 1. The molecule has 0 unspecified atom stereocenters. The molecule has 30 heavy (non-hydrogen) atoms. The first-order valence-electron chi connectivity index (χ1n) is 9.08. The maximum atomic E-state index is 12.5. The number of carbonyl (C=O) groups is 1. The van der Waals surface area contributed by atoms with Crippen molar-refractivity contribution in [2.75, 3.05) is 0 Å². The second kappa shape index (κ2) is 9.80. The molecule has 0 spiro atoms. The van der Waals surface area contributed by atoms with Crippen molar-refractivity contribution in [3.63, 3.8) is 0 Å². The Kier molecular flexibility index (Phi) is 6.91. The number of carbonyl (C=O) groups excluding carboxylic acids is 1. The number of benzene rings is 3. The summed E-state index contributed by atoms with van der Waals surface area (Å²) >= 11 is 7.06. The van der Waals surface area contributed by atoms with Gasteiger partial charge in [-0.1, -0.05) is 52.3 Å². The van der Waals surface area contributed by atoms with Crippen LogP contribution in [-0.4, -0.2) is 11.1 Å². The molecule has 3 aromatic carbocycles. The van der Waals surface area contributed by atoms with Crippen LogP contribution in [0.3, 0.4) is 0 Å². The first-order chi connectivity index (χ1) is 14.6. The van der Waals surface area contributed by atoms with Crippen molar-refractivity contribution in [2.24, 2.45) is 4.99 Å². The van der Waals surface area contributed by atoms with Gasteiger partial charge in [-0.2, -0.15) is 0 Å². The fraction of sp³-hybridized carbons (Fsp3) is 0.0435. The fourth-order valence-corrected chi connectivity index (χ4v) is 4.52. The van der Waals surface area contributed by atoms with E-state index in [4.69, 9.17) is 4.74 Å². The molecule has 0 aromatic heterocycles. The average molecular weight is 591 g/mol. The van der Waals surface area contributed by atoms with E-state index in [0.717, 1.165) is 24.9 Å². The van der Waals surface area contributed by atoms with Crippen molar-refractivity contribution in [3.8, 4) is 5.75 Å². The molecule has 0 atom stereocenters. The Labute approximate surface area is 201 Å². The summed E-state index contributed by atoms with van der Waals surface area (Å²) in [6.07, 6.45) is 1.84. The number of amides is 1. The number of thioether (sulfide) groups is 1. The van der Waals surface area contributed by atoms with Crippen LogP contribution in [0.1, 0.15) is 11.1 Å². The molecule has 150 valence electrons. The third-order valence-corrected chi connectivity index (χ3v) is 6.26. The van der Waals surface area contributed by atoms with Gasteiger partial charge in [0.1, 0.15) is 12.4 Å². The predicted molar refractivity (Wildman–Crippen MR) is 135 cm³/mol. The number of nitrogens with one attached hydrogen (secondary N) is 1. The maximum absolute atomic E-state index is 12.5. The fourth-order valence-electron chi connectivity index (χ4n) is 2.78. The zero-order valence-electron chi connectivity index (χ0n) is 15.6. The molecule has 1 aliphatic heterocycles. The van der Waals surface area contributed by atoms with Crippen LogP contribution < -0.4 is 10.1 Å². The summed E-state index contributed by atoms with van der Waals surface area (Å²) in [7, 11) is 0. The van der Waals surface area contributed by atoms with Gasteiger partial charge in [-0.15, -0.1) is 0 Å². The third kappa shape index (κ3) is 5.53. The highest BCUT2D eigenvalue weighted by Crippen LogP contribution is 2.32. The van der Waals surface area contributed by atoms with Gasteiger partial charge in [0.2, 0.25) is 0 Å². The van der Waals surface area contributed by atoms with Crippen LogP contribution in [0.15, 0.2) is 87.2 Å². The van der Waals surface area contributed by atoms with Crippen LogP contribution in [-0.2, 0) is 11.4 Å². The van der Waals surface area contributed by atoms with Gasteiger partial charge in [-0.3, -0.25) is 4.79 Å². The number of nitrogens with zero attached hydrogens (tertiary/aromatic N) is 1. The number of rotatable bonds is 5. The van der Waals surface area contributed by atoms with E-state index in [1.54, 1.807) is 0 Å². The monoisotopic (exact) mass is 590 g/mol. The molecule has 1 fully saturated rings. The lowest BCUT2D eigenvalue weighted by molar-refractivity contribution is -0.115. The molecular weight excluding hydrogens is 575 g/mol. The minimum absolute atomic E-state index is 0.168.